The van der Waals surface area contributed by atoms with Crippen LogP contribution in [-0.2, 0) is 36.8 Å². The van der Waals surface area contributed by atoms with Gasteiger partial charge in [0.2, 0.25) is 29.5 Å². The van der Waals surface area contributed by atoms with E-state index in [0.717, 1.165) is 36.1 Å². The van der Waals surface area contributed by atoms with E-state index in [1.807, 2.05) is 18.2 Å². The molecule has 1 aliphatic rings. The summed E-state index contributed by atoms with van der Waals surface area (Å²) < 4.78 is 12.2. The van der Waals surface area contributed by atoms with E-state index < -0.39 is 78.9 Å². The van der Waals surface area contributed by atoms with E-state index in [1.54, 1.807) is 49.4 Å². The van der Waals surface area contributed by atoms with E-state index in [4.69, 9.17) is 20.9 Å². The maximum Gasteiger partial charge on any atom is 0.252 e. The summed E-state index contributed by atoms with van der Waals surface area (Å²) in [4.78, 5) is 85.4. The monoisotopic (exact) mass is 970 g/mol. The topological polar surface area (TPSA) is 301 Å². The lowest BCUT2D eigenvalue weighted by Crippen LogP contribution is -2.56. The molecule has 4 bridgehead atoms. The molecule has 380 valence electrons. The Bertz CT molecular complexity index is 2300. The minimum Gasteiger partial charge on any atom is -0.492 e. The second kappa shape index (κ2) is 28.8. The van der Waals surface area contributed by atoms with Gasteiger partial charge in [0.05, 0.1) is 25.3 Å². The fourth-order valence-electron chi connectivity index (χ4n) is 8.17. The van der Waals surface area contributed by atoms with Gasteiger partial charge in [0.15, 0.2) is 0 Å². The van der Waals surface area contributed by atoms with Crippen molar-refractivity contribution in [2.24, 2.45) is 11.5 Å². The molecular weight excluding hydrogens is 899 g/mol. The SMILES string of the molecule is CCCCCCCCc1ccc(C(=O)NC(CCC(=O)NC(CO)CO)C(=O)N(C)C2C(=O)NC(C)C(=O)NC(C(=O)NCC#N)Cc3ccc(OCCN)c(c3)-c3cc2ccc3OCCN)c(C)c1. The van der Waals surface area contributed by atoms with Crippen LogP contribution in [0.2, 0.25) is 0 Å². The number of unbranched alkanes of at least 4 members (excludes halogenated alkanes) is 5. The summed E-state index contributed by atoms with van der Waals surface area (Å²) >= 11 is 0. The molecule has 0 fully saturated rings. The zero-order valence-electron chi connectivity index (χ0n) is 40.8. The molecule has 6 amide bonds. The van der Waals surface area contributed by atoms with Crippen LogP contribution < -0.4 is 47.5 Å². The standard InChI is InChI=1S/C51H71N9O10/c1-5-6-7-8-9-10-11-34-12-15-38(32(2)26-34)48(65)58-41(16-19-45(63)57-37(30-61)31-62)51(68)60(4)46-36-14-18-44(70-25-22-54)40(29-36)39-27-35(13-17-43(39)69-24-21-53)28-42(49(66)55-23-20-52)59-47(64)33(3)56-50(46)67/h12-15,17-18,26-27,29,33,37,41-42,46,61-62H,5-11,16,19,21-25,28,30-31,53-54H2,1-4H3,(H,55,66)(H,56,67)(H,57,63)(H,58,65)(H,59,64). The van der Waals surface area contributed by atoms with Crippen molar-refractivity contribution in [1.29, 1.82) is 5.26 Å². The smallest absolute Gasteiger partial charge is 0.252 e. The number of aliphatic hydroxyl groups excluding tert-OH is 2. The zero-order valence-corrected chi connectivity index (χ0v) is 40.8. The molecule has 1 heterocycles. The second-order valence-corrected chi connectivity index (χ2v) is 17.4. The summed E-state index contributed by atoms with van der Waals surface area (Å²) in [6, 6.07) is 11.0. The average Bonchev–Trinajstić information content (AvgIpc) is 3.35. The number of amides is 6. The van der Waals surface area contributed by atoms with Crippen LogP contribution in [0.1, 0.15) is 104 Å². The van der Waals surface area contributed by atoms with Crippen molar-refractivity contribution in [2.75, 3.05) is 53.1 Å². The number of nitrogens with two attached hydrogens (primary N) is 2. The third kappa shape index (κ3) is 16.3. The van der Waals surface area contributed by atoms with Gasteiger partial charge in [-0.05, 0) is 85.7 Å². The van der Waals surface area contributed by atoms with Crippen molar-refractivity contribution in [1.82, 2.24) is 31.5 Å². The van der Waals surface area contributed by atoms with Gasteiger partial charge >= 0.3 is 0 Å². The molecule has 3 aromatic carbocycles. The van der Waals surface area contributed by atoms with Gasteiger partial charge in [-0.15, -0.1) is 0 Å². The molecule has 19 nitrogen and oxygen atoms in total. The Labute approximate surface area is 410 Å². The molecule has 19 heteroatoms. The van der Waals surface area contributed by atoms with Gasteiger partial charge in [-0.25, -0.2) is 0 Å². The summed E-state index contributed by atoms with van der Waals surface area (Å²) in [7, 11) is 1.36. The van der Waals surface area contributed by atoms with Crippen molar-refractivity contribution in [2.45, 2.75) is 115 Å². The first kappa shape index (κ1) is 56.0. The minimum atomic E-state index is -1.50. The predicted molar refractivity (Wildman–Crippen MR) is 263 cm³/mol. The summed E-state index contributed by atoms with van der Waals surface area (Å²) in [6.45, 7) is 4.54. The van der Waals surface area contributed by atoms with Crippen LogP contribution in [0.3, 0.4) is 0 Å². The van der Waals surface area contributed by atoms with Crippen LogP contribution in [0.4, 0.5) is 0 Å². The number of hydrogen-bond acceptors (Lipinski definition) is 13. The largest absolute Gasteiger partial charge is 0.492 e. The Morgan fingerprint density at radius 1 is 0.871 bits per heavy atom. The summed E-state index contributed by atoms with van der Waals surface area (Å²) in [5.74, 6) is -3.48. The Morgan fingerprint density at radius 3 is 2.17 bits per heavy atom. The van der Waals surface area contributed by atoms with Gasteiger partial charge < -0.3 is 62.6 Å². The second-order valence-electron chi connectivity index (χ2n) is 17.4. The van der Waals surface area contributed by atoms with Gasteiger partial charge in [-0.2, -0.15) is 5.26 Å². The van der Waals surface area contributed by atoms with Crippen LogP contribution in [0.15, 0.2) is 54.6 Å². The number of nitriles is 1. The molecule has 4 unspecified atom stereocenters. The van der Waals surface area contributed by atoms with Crippen molar-refractivity contribution < 1.29 is 48.5 Å². The van der Waals surface area contributed by atoms with Gasteiger partial charge in [-0.3, -0.25) is 28.8 Å². The third-order valence-corrected chi connectivity index (χ3v) is 12.0. The molecule has 0 saturated carbocycles. The van der Waals surface area contributed by atoms with Crippen molar-refractivity contribution in [3.8, 4) is 28.7 Å². The predicted octanol–water partition coefficient (Wildman–Crippen LogP) is 1.97. The zero-order chi connectivity index (χ0) is 51.2. The van der Waals surface area contributed by atoms with E-state index in [0.29, 0.717) is 39.3 Å². The highest BCUT2D eigenvalue weighted by atomic mass is 16.5. The highest BCUT2D eigenvalue weighted by Gasteiger charge is 2.36. The maximum atomic E-state index is 15.0. The summed E-state index contributed by atoms with van der Waals surface area (Å²) in [5.41, 5.74) is 15.4. The van der Waals surface area contributed by atoms with Gasteiger partial charge in [0, 0.05) is 49.7 Å². The molecule has 4 rings (SSSR count). The first-order chi connectivity index (χ1) is 33.7. The highest BCUT2D eigenvalue weighted by molar-refractivity contribution is 6.00. The Hall–Kier alpha value is -6.59. The van der Waals surface area contributed by atoms with Crippen molar-refractivity contribution >= 4 is 35.4 Å². The molecule has 0 aromatic heterocycles. The number of benzene rings is 3. The average molecular weight is 970 g/mol. The van der Waals surface area contributed by atoms with Crippen LogP contribution in [0.5, 0.6) is 11.5 Å². The van der Waals surface area contributed by atoms with Gasteiger partial charge in [0.25, 0.3) is 5.91 Å². The Balaban J connectivity index is 1.82. The number of nitrogens with one attached hydrogen (secondary N) is 5. The fraction of sp³-hybridized carbons (Fsp3) is 0.510. The Kier molecular flexibility index (Phi) is 23.0. The summed E-state index contributed by atoms with van der Waals surface area (Å²) in [6.07, 6.45) is 7.07. The first-order valence-corrected chi connectivity index (χ1v) is 24.1. The number of rotatable bonds is 25. The molecule has 11 N–H and O–H groups in total. The number of likely N-dealkylation sites (N-methyl/N-ethyl adjacent to an activating group) is 1. The lowest BCUT2D eigenvalue weighted by molar-refractivity contribution is -0.142. The number of fused-ring (bicyclic) bond motifs is 5. The molecule has 0 saturated heterocycles. The normalized spacial score (nSPS) is 16.1. The lowest BCUT2D eigenvalue weighted by Gasteiger charge is -2.33. The number of ether oxygens (including phenoxy) is 2. The molecule has 4 atom stereocenters. The van der Waals surface area contributed by atoms with Crippen LogP contribution in [-0.4, -0.2) is 128 Å². The molecular formula is C51H71N9O10. The van der Waals surface area contributed by atoms with E-state index in [2.05, 4.69) is 33.5 Å². The molecule has 1 aliphatic heterocycles. The molecule has 0 aliphatic carbocycles. The van der Waals surface area contributed by atoms with E-state index in [9.17, 15) is 44.2 Å². The number of aliphatic hydroxyl groups is 2. The number of nitrogens with zero attached hydrogens (tertiary/aromatic N) is 2. The number of carbonyl (C=O) groups excluding carboxylic acids is 6. The van der Waals surface area contributed by atoms with Crippen LogP contribution in [0.25, 0.3) is 11.1 Å². The van der Waals surface area contributed by atoms with Crippen LogP contribution in [0, 0.1) is 18.3 Å². The van der Waals surface area contributed by atoms with Crippen LogP contribution >= 0.6 is 0 Å². The quantitative estimate of drug-likeness (QED) is 0.0434. The molecule has 0 spiro atoms. The summed E-state index contributed by atoms with van der Waals surface area (Å²) in [5, 5.41) is 41.6. The number of carbonyl (C=O) groups is 6. The van der Waals surface area contributed by atoms with E-state index >= 15 is 0 Å². The third-order valence-electron chi connectivity index (χ3n) is 12.0. The van der Waals surface area contributed by atoms with Crippen molar-refractivity contribution in [3.05, 3.63) is 82.4 Å². The highest BCUT2D eigenvalue weighted by Crippen LogP contribution is 2.40. The minimum absolute atomic E-state index is 0.0268. The van der Waals surface area contributed by atoms with Gasteiger partial charge in [-0.1, -0.05) is 63.3 Å². The fourth-order valence-corrected chi connectivity index (χ4v) is 8.17. The molecule has 70 heavy (non-hydrogen) atoms. The van der Waals surface area contributed by atoms with E-state index in [-0.39, 0.29) is 57.7 Å². The number of hydrogen-bond donors (Lipinski definition) is 9. The first-order valence-electron chi connectivity index (χ1n) is 24.1. The maximum absolute atomic E-state index is 15.0. The van der Waals surface area contributed by atoms with Crippen molar-refractivity contribution in [3.63, 3.8) is 0 Å². The number of aryl methyl sites for hydroxylation is 2. The lowest BCUT2D eigenvalue weighted by atomic mass is 9.93. The molecule has 3 aromatic rings. The Morgan fingerprint density at radius 2 is 1.53 bits per heavy atom. The van der Waals surface area contributed by atoms with Gasteiger partial charge in [0.1, 0.15) is 55.4 Å². The molecule has 0 radical (unpaired) electrons. The van der Waals surface area contributed by atoms with E-state index in [1.165, 1.54) is 33.2 Å².